The second-order valence-corrected chi connectivity index (χ2v) is 5.89. The van der Waals surface area contributed by atoms with Gasteiger partial charge in [-0.1, -0.05) is 0 Å². The molecule has 23 heavy (non-hydrogen) atoms. The van der Waals surface area contributed by atoms with E-state index in [-0.39, 0.29) is 24.2 Å². The average molecular weight is 340 g/mol. The minimum atomic E-state index is -0.109. The number of nitrogens with zero attached hydrogens (tertiary/aromatic N) is 1. The number of nitrogens with one attached hydrogen (secondary N) is 2. The van der Waals surface area contributed by atoms with E-state index in [1.54, 1.807) is 24.3 Å². The highest BCUT2D eigenvalue weighted by atomic mass is 35.5. The molecule has 5 nitrogen and oxygen atoms in total. The monoisotopic (exact) mass is 339 g/mol. The summed E-state index contributed by atoms with van der Waals surface area (Å²) in [5.41, 5.74) is 1.40. The molecule has 0 spiro atoms. The van der Waals surface area contributed by atoms with Gasteiger partial charge in [0.15, 0.2) is 0 Å². The van der Waals surface area contributed by atoms with Crippen LogP contribution in [0.4, 0.5) is 5.69 Å². The Morgan fingerprint density at radius 1 is 1.17 bits per heavy atom. The summed E-state index contributed by atoms with van der Waals surface area (Å²) in [5, 5.41) is 5.89. The smallest absolute Gasteiger partial charge is 0.253 e. The van der Waals surface area contributed by atoms with Crippen LogP contribution in [0.15, 0.2) is 24.3 Å². The maximum atomic E-state index is 12.5. The normalized spacial score (nSPS) is 15.0. The van der Waals surface area contributed by atoms with Crippen molar-refractivity contribution < 1.29 is 9.59 Å². The van der Waals surface area contributed by atoms with Crippen molar-refractivity contribution in [2.45, 2.75) is 26.2 Å². The van der Waals surface area contributed by atoms with Crippen molar-refractivity contribution in [3.63, 3.8) is 0 Å². The van der Waals surface area contributed by atoms with E-state index in [2.05, 4.69) is 10.6 Å². The largest absolute Gasteiger partial charge is 0.339 e. The molecule has 1 aliphatic heterocycles. The minimum absolute atomic E-state index is 0. The van der Waals surface area contributed by atoms with E-state index in [0.29, 0.717) is 5.56 Å². The van der Waals surface area contributed by atoms with Gasteiger partial charge < -0.3 is 15.5 Å². The van der Waals surface area contributed by atoms with Gasteiger partial charge in [-0.15, -0.1) is 12.4 Å². The standard InChI is InChI=1S/C17H25N3O2.ClH/c1-13(21)19-16-5-3-15(4-6-16)17(22)20-11-8-14(9-12-20)7-10-18-2;/h3-6,14,18H,7-12H2,1-2H3,(H,19,21);1H. The zero-order chi connectivity index (χ0) is 15.9. The van der Waals surface area contributed by atoms with Crippen molar-refractivity contribution in [2.24, 2.45) is 5.92 Å². The van der Waals surface area contributed by atoms with Gasteiger partial charge in [-0.05, 0) is 63.0 Å². The van der Waals surface area contributed by atoms with E-state index in [4.69, 9.17) is 0 Å². The fraction of sp³-hybridized carbons (Fsp3) is 0.529. The van der Waals surface area contributed by atoms with E-state index in [0.717, 1.165) is 44.1 Å². The maximum absolute atomic E-state index is 12.5. The van der Waals surface area contributed by atoms with Crippen LogP contribution >= 0.6 is 12.4 Å². The summed E-state index contributed by atoms with van der Waals surface area (Å²) in [6.45, 7) is 4.18. The molecule has 1 aromatic rings. The second kappa shape index (κ2) is 9.53. The van der Waals surface area contributed by atoms with Crippen molar-refractivity contribution in [3.8, 4) is 0 Å². The fourth-order valence-corrected chi connectivity index (χ4v) is 2.86. The summed E-state index contributed by atoms with van der Waals surface area (Å²) >= 11 is 0. The number of likely N-dealkylation sites (tertiary alicyclic amines) is 1. The maximum Gasteiger partial charge on any atom is 0.253 e. The van der Waals surface area contributed by atoms with Crippen molar-refractivity contribution in [1.29, 1.82) is 0 Å². The van der Waals surface area contributed by atoms with Crippen LogP contribution in [0, 0.1) is 5.92 Å². The van der Waals surface area contributed by atoms with Gasteiger partial charge in [-0.3, -0.25) is 9.59 Å². The van der Waals surface area contributed by atoms with Crippen molar-refractivity contribution in [3.05, 3.63) is 29.8 Å². The lowest BCUT2D eigenvalue weighted by Gasteiger charge is -2.32. The lowest BCUT2D eigenvalue weighted by molar-refractivity contribution is -0.114. The molecule has 1 fully saturated rings. The molecule has 0 aliphatic carbocycles. The Kier molecular flexibility index (Phi) is 8.06. The molecule has 1 aromatic carbocycles. The third kappa shape index (κ3) is 5.84. The first-order chi connectivity index (χ1) is 10.6. The molecule has 2 N–H and O–H groups in total. The molecule has 0 aromatic heterocycles. The molecule has 0 atom stereocenters. The third-order valence-electron chi connectivity index (χ3n) is 4.16. The van der Waals surface area contributed by atoms with Crippen LogP contribution in [0.2, 0.25) is 0 Å². The van der Waals surface area contributed by atoms with Crippen molar-refractivity contribution >= 4 is 29.9 Å². The number of piperidine rings is 1. The van der Waals surface area contributed by atoms with E-state index in [1.807, 2.05) is 11.9 Å². The van der Waals surface area contributed by atoms with Gasteiger partial charge >= 0.3 is 0 Å². The highest BCUT2D eigenvalue weighted by Gasteiger charge is 2.23. The van der Waals surface area contributed by atoms with Crippen LogP contribution in [0.3, 0.4) is 0 Å². The number of rotatable bonds is 5. The van der Waals surface area contributed by atoms with Crippen LogP contribution in [-0.2, 0) is 4.79 Å². The molecule has 0 bridgehead atoms. The van der Waals surface area contributed by atoms with E-state index < -0.39 is 0 Å². The van der Waals surface area contributed by atoms with Crippen LogP contribution in [0.1, 0.15) is 36.5 Å². The van der Waals surface area contributed by atoms with Crippen LogP contribution in [0.25, 0.3) is 0 Å². The molecule has 6 heteroatoms. The first kappa shape index (κ1) is 19.5. The highest BCUT2D eigenvalue weighted by Crippen LogP contribution is 2.22. The van der Waals surface area contributed by atoms with Gasteiger partial charge in [0.2, 0.25) is 5.91 Å². The number of carbonyl (C=O) groups is 2. The molecule has 0 saturated carbocycles. The van der Waals surface area contributed by atoms with E-state index in [9.17, 15) is 9.59 Å². The van der Waals surface area contributed by atoms with Gasteiger partial charge in [0.1, 0.15) is 0 Å². The van der Waals surface area contributed by atoms with Crippen LogP contribution in [0.5, 0.6) is 0 Å². The topological polar surface area (TPSA) is 61.4 Å². The second-order valence-electron chi connectivity index (χ2n) is 5.89. The molecular weight excluding hydrogens is 314 g/mol. The van der Waals surface area contributed by atoms with Crippen LogP contribution in [-0.4, -0.2) is 43.4 Å². The molecule has 1 aliphatic rings. The van der Waals surface area contributed by atoms with Gasteiger partial charge in [-0.25, -0.2) is 0 Å². The predicted octanol–water partition coefficient (Wildman–Crippen LogP) is 2.53. The lowest BCUT2D eigenvalue weighted by atomic mass is 9.93. The SMILES string of the molecule is CNCCC1CCN(C(=O)c2ccc(NC(C)=O)cc2)CC1.Cl. The number of benzene rings is 1. The van der Waals surface area contributed by atoms with Crippen molar-refractivity contribution in [1.82, 2.24) is 10.2 Å². The molecule has 1 saturated heterocycles. The van der Waals surface area contributed by atoms with Gasteiger partial charge in [-0.2, -0.15) is 0 Å². The molecule has 0 unspecified atom stereocenters. The lowest BCUT2D eigenvalue weighted by Crippen LogP contribution is -2.38. The zero-order valence-corrected chi connectivity index (χ0v) is 14.6. The Bertz CT molecular complexity index is 511. The first-order valence-corrected chi connectivity index (χ1v) is 7.91. The number of hydrogen-bond donors (Lipinski definition) is 2. The number of halogens is 1. The summed E-state index contributed by atoms with van der Waals surface area (Å²) in [4.78, 5) is 25.4. The Labute approximate surface area is 144 Å². The molecule has 128 valence electrons. The van der Waals surface area contributed by atoms with E-state index in [1.165, 1.54) is 13.3 Å². The van der Waals surface area contributed by atoms with Crippen LogP contribution < -0.4 is 10.6 Å². The number of amides is 2. The quantitative estimate of drug-likeness (QED) is 0.866. The number of hydrogen-bond acceptors (Lipinski definition) is 3. The first-order valence-electron chi connectivity index (χ1n) is 7.91. The average Bonchev–Trinajstić information content (AvgIpc) is 2.53. The third-order valence-corrected chi connectivity index (χ3v) is 4.16. The Balaban J connectivity index is 0.00000264. The van der Waals surface area contributed by atoms with E-state index >= 15 is 0 Å². The molecule has 2 rings (SSSR count). The molecule has 1 heterocycles. The predicted molar refractivity (Wildman–Crippen MR) is 95.2 cm³/mol. The molecule has 0 radical (unpaired) electrons. The summed E-state index contributed by atoms with van der Waals surface area (Å²) in [6.07, 6.45) is 3.35. The highest BCUT2D eigenvalue weighted by molar-refractivity contribution is 5.95. The van der Waals surface area contributed by atoms with Gasteiger partial charge in [0, 0.05) is 31.3 Å². The molecular formula is C17H26ClN3O2. The summed E-state index contributed by atoms with van der Waals surface area (Å²) in [5.74, 6) is 0.697. The van der Waals surface area contributed by atoms with Gasteiger partial charge in [0.25, 0.3) is 5.91 Å². The Morgan fingerprint density at radius 3 is 2.30 bits per heavy atom. The summed E-state index contributed by atoms with van der Waals surface area (Å²) < 4.78 is 0. The number of anilines is 1. The van der Waals surface area contributed by atoms with Gasteiger partial charge in [0.05, 0.1) is 0 Å². The summed E-state index contributed by atoms with van der Waals surface area (Å²) in [7, 11) is 1.98. The zero-order valence-electron chi connectivity index (χ0n) is 13.8. The summed E-state index contributed by atoms with van der Waals surface area (Å²) in [6, 6.07) is 7.10. The Morgan fingerprint density at radius 2 is 1.78 bits per heavy atom. The van der Waals surface area contributed by atoms with Crippen molar-refractivity contribution in [2.75, 3.05) is 32.0 Å². The molecule has 2 amide bonds. The number of carbonyl (C=O) groups excluding carboxylic acids is 2. The fourth-order valence-electron chi connectivity index (χ4n) is 2.86. The minimum Gasteiger partial charge on any atom is -0.339 e. The Hall–Kier alpha value is -1.59.